The minimum Gasteiger partial charge on any atom is -0.385 e. The standard InChI is InChI=1S/C11H12BrFO2/c1-2-3-10(14)11(15)8-6-7(12)4-5-9(8)13/h4-6,10,14H,2-3H2,1H3. The molecular formula is C11H12BrFO2. The van der Waals surface area contributed by atoms with Crippen LogP contribution in [0.15, 0.2) is 22.7 Å². The molecule has 1 aromatic carbocycles. The summed E-state index contributed by atoms with van der Waals surface area (Å²) in [4.78, 5) is 11.6. The van der Waals surface area contributed by atoms with Gasteiger partial charge in [0.15, 0.2) is 5.78 Å². The van der Waals surface area contributed by atoms with Crippen LogP contribution in [0.25, 0.3) is 0 Å². The predicted octanol–water partition coefficient (Wildman–Crippen LogP) is 2.93. The average molecular weight is 275 g/mol. The van der Waals surface area contributed by atoms with Crippen molar-refractivity contribution in [2.24, 2.45) is 0 Å². The molecule has 0 aliphatic carbocycles. The van der Waals surface area contributed by atoms with Gasteiger partial charge in [-0.2, -0.15) is 0 Å². The Kier molecular flexibility index (Phi) is 4.42. The third-order valence-electron chi connectivity index (χ3n) is 2.06. The summed E-state index contributed by atoms with van der Waals surface area (Å²) in [7, 11) is 0. The van der Waals surface area contributed by atoms with Gasteiger partial charge in [-0.15, -0.1) is 0 Å². The highest BCUT2D eigenvalue weighted by Gasteiger charge is 2.19. The van der Waals surface area contributed by atoms with Crippen LogP contribution in [0.5, 0.6) is 0 Å². The van der Waals surface area contributed by atoms with Gasteiger partial charge in [-0.1, -0.05) is 29.3 Å². The second kappa shape index (κ2) is 5.37. The number of ketones is 1. The smallest absolute Gasteiger partial charge is 0.194 e. The zero-order valence-electron chi connectivity index (χ0n) is 8.34. The Bertz CT molecular complexity index is 366. The van der Waals surface area contributed by atoms with Crippen LogP contribution in [0.4, 0.5) is 4.39 Å². The van der Waals surface area contributed by atoms with E-state index in [-0.39, 0.29) is 5.56 Å². The van der Waals surface area contributed by atoms with Gasteiger partial charge in [0.05, 0.1) is 5.56 Å². The molecule has 0 radical (unpaired) electrons. The Morgan fingerprint density at radius 3 is 2.87 bits per heavy atom. The minimum atomic E-state index is -1.11. The Morgan fingerprint density at radius 1 is 1.60 bits per heavy atom. The number of aliphatic hydroxyl groups excluding tert-OH is 1. The molecular weight excluding hydrogens is 263 g/mol. The fourth-order valence-corrected chi connectivity index (χ4v) is 1.63. The first-order chi connectivity index (χ1) is 7.06. The summed E-state index contributed by atoms with van der Waals surface area (Å²) in [5.41, 5.74) is -0.0645. The Labute approximate surface area is 96.2 Å². The maximum Gasteiger partial charge on any atom is 0.194 e. The summed E-state index contributed by atoms with van der Waals surface area (Å²) in [5, 5.41) is 9.45. The van der Waals surface area contributed by atoms with Gasteiger partial charge < -0.3 is 5.11 Å². The van der Waals surface area contributed by atoms with Crippen molar-refractivity contribution >= 4 is 21.7 Å². The number of benzene rings is 1. The predicted molar refractivity (Wildman–Crippen MR) is 59.3 cm³/mol. The Balaban J connectivity index is 2.95. The first kappa shape index (κ1) is 12.3. The van der Waals surface area contributed by atoms with Crippen LogP contribution in [0.3, 0.4) is 0 Å². The number of halogens is 2. The van der Waals surface area contributed by atoms with Crippen LogP contribution < -0.4 is 0 Å². The van der Waals surface area contributed by atoms with Gasteiger partial charge in [0.25, 0.3) is 0 Å². The highest BCUT2D eigenvalue weighted by Crippen LogP contribution is 2.18. The lowest BCUT2D eigenvalue weighted by Crippen LogP contribution is -2.21. The second-order valence-corrected chi connectivity index (χ2v) is 4.21. The molecule has 0 amide bonds. The van der Waals surface area contributed by atoms with Crippen molar-refractivity contribution in [3.05, 3.63) is 34.1 Å². The molecule has 2 nitrogen and oxygen atoms in total. The van der Waals surface area contributed by atoms with E-state index in [1.807, 2.05) is 6.92 Å². The molecule has 1 aromatic rings. The van der Waals surface area contributed by atoms with E-state index in [4.69, 9.17) is 0 Å². The molecule has 0 bridgehead atoms. The number of carbonyl (C=O) groups is 1. The molecule has 15 heavy (non-hydrogen) atoms. The number of hydrogen-bond donors (Lipinski definition) is 1. The quantitative estimate of drug-likeness (QED) is 0.858. The molecule has 4 heteroatoms. The average Bonchev–Trinajstić information content (AvgIpc) is 2.21. The van der Waals surface area contributed by atoms with E-state index in [9.17, 15) is 14.3 Å². The van der Waals surface area contributed by atoms with E-state index >= 15 is 0 Å². The van der Waals surface area contributed by atoms with Crippen LogP contribution in [0.2, 0.25) is 0 Å². The lowest BCUT2D eigenvalue weighted by atomic mass is 10.0. The zero-order chi connectivity index (χ0) is 11.4. The van der Waals surface area contributed by atoms with E-state index in [1.54, 1.807) is 0 Å². The molecule has 0 aromatic heterocycles. The van der Waals surface area contributed by atoms with Gasteiger partial charge >= 0.3 is 0 Å². The molecule has 1 rings (SSSR count). The van der Waals surface area contributed by atoms with Crippen LogP contribution in [0, 0.1) is 5.82 Å². The third kappa shape index (κ3) is 3.11. The number of hydrogen-bond acceptors (Lipinski definition) is 2. The maximum absolute atomic E-state index is 13.3. The van der Waals surface area contributed by atoms with Crippen molar-refractivity contribution in [1.29, 1.82) is 0 Å². The maximum atomic E-state index is 13.3. The fourth-order valence-electron chi connectivity index (χ4n) is 1.27. The molecule has 0 saturated heterocycles. The summed E-state index contributed by atoms with van der Waals surface area (Å²) in [6.07, 6.45) is -0.0772. The van der Waals surface area contributed by atoms with Gasteiger partial charge in [0.1, 0.15) is 11.9 Å². The van der Waals surface area contributed by atoms with Gasteiger partial charge in [-0.05, 0) is 24.6 Å². The molecule has 1 unspecified atom stereocenters. The molecule has 0 aliphatic rings. The SMILES string of the molecule is CCCC(O)C(=O)c1cc(Br)ccc1F. The Morgan fingerprint density at radius 2 is 2.27 bits per heavy atom. The normalized spacial score (nSPS) is 12.5. The van der Waals surface area contributed by atoms with Gasteiger partial charge in [-0.3, -0.25) is 4.79 Å². The summed E-state index contributed by atoms with van der Waals surface area (Å²) in [5.74, 6) is -1.16. The summed E-state index contributed by atoms with van der Waals surface area (Å²) < 4.78 is 13.9. The number of carbonyl (C=O) groups excluding carboxylic acids is 1. The topological polar surface area (TPSA) is 37.3 Å². The monoisotopic (exact) mass is 274 g/mol. The Hall–Kier alpha value is -0.740. The molecule has 82 valence electrons. The molecule has 0 saturated carbocycles. The van der Waals surface area contributed by atoms with Crippen molar-refractivity contribution in [2.75, 3.05) is 0 Å². The third-order valence-corrected chi connectivity index (χ3v) is 2.55. The fraction of sp³-hybridized carbons (Fsp3) is 0.364. The highest BCUT2D eigenvalue weighted by molar-refractivity contribution is 9.10. The van der Waals surface area contributed by atoms with Crippen LogP contribution in [-0.4, -0.2) is 17.0 Å². The van der Waals surface area contributed by atoms with Crippen LogP contribution in [0.1, 0.15) is 30.1 Å². The largest absolute Gasteiger partial charge is 0.385 e. The van der Waals surface area contributed by atoms with E-state index in [0.717, 1.165) is 0 Å². The number of Topliss-reactive ketones (excluding diaryl/α,β-unsaturated/α-hetero) is 1. The summed E-state index contributed by atoms with van der Waals surface area (Å²) >= 11 is 3.15. The molecule has 0 aliphatic heterocycles. The van der Waals surface area contributed by atoms with Gasteiger partial charge in [0.2, 0.25) is 0 Å². The summed E-state index contributed by atoms with van der Waals surface area (Å²) in [6, 6.07) is 4.10. The van der Waals surface area contributed by atoms with Crippen molar-refractivity contribution in [2.45, 2.75) is 25.9 Å². The van der Waals surface area contributed by atoms with Crippen molar-refractivity contribution in [3.63, 3.8) is 0 Å². The molecule has 1 atom stereocenters. The lowest BCUT2D eigenvalue weighted by molar-refractivity contribution is 0.0725. The van der Waals surface area contributed by atoms with Gasteiger partial charge in [-0.25, -0.2) is 4.39 Å². The molecule has 0 spiro atoms. The van der Waals surface area contributed by atoms with E-state index < -0.39 is 17.7 Å². The zero-order valence-corrected chi connectivity index (χ0v) is 9.92. The van der Waals surface area contributed by atoms with Crippen molar-refractivity contribution < 1.29 is 14.3 Å². The van der Waals surface area contributed by atoms with Crippen molar-refractivity contribution in [3.8, 4) is 0 Å². The lowest BCUT2D eigenvalue weighted by Gasteiger charge is -2.09. The number of rotatable bonds is 4. The van der Waals surface area contributed by atoms with E-state index in [0.29, 0.717) is 17.3 Å². The molecule has 1 N–H and O–H groups in total. The van der Waals surface area contributed by atoms with Gasteiger partial charge in [0, 0.05) is 4.47 Å². The van der Waals surface area contributed by atoms with Crippen LogP contribution >= 0.6 is 15.9 Å². The second-order valence-electron chi connectivity index (χ2n) is 3.29. The van der Waals surface area contributed by atoms with Crippen molar-refractivity contribution in [1.82, 2.24) is 0 Å². The summed E-state index contributed by atoms with van der Waals surface area (Å²) in [6.45, 7) is 1.85. The molecule has 0 fully saturated rings. The highest BCUT2D eigenvalue weighted by atomic mass is 79.9. The van der Waals surface area contributed by atoms with E-state index in [2.05, 4.69) is 15.9 Å². The minimum absolute atomic E-state index is 0.0645. The first-order valence-corrected chi connectivity index (χ1v) is 5.53. The molecule has 0 heterocycles. The van der Waals surface area contributed by atoms with E-state index in [1.165, 1.54) is 18.2 Å². The first-order valence-electron chi connectivity index (χ1n) is 4.73. The number of aliphatic hydroxyl groups is 1. The van der Waals surface area contributed by atoms with Crippen LogP contribution in [-0.2, 0) is 0 Å².